The van der Waals surface area contributed by atoms with E-state index in [0.29, 0.717) is 29.0 Å². The summed E-state index contributed by atoms with van der Waals surface area (Å²) < 4.78 is 19.8. The van der Waals surface area contributed by atoms with Crippen molar-refractivity contribution in [1.82, 2.24) is 0 Å². The maximum atomic E-state index is 14.3. The van der Waals surface area contributed by atoms with E-state index in [-0.39, 0.29) is 11.7 Å². The molecule has 1 aromatic carbocycles. The average Bonchev–Trinajstić information content (AvgIpc) is 2.38. The van der Waals surface area contributed by atoms with Gasteiger partial charge < -0.3 is 10.5 Å². The van der Waals surface area contributed by atoms with Crippen LogP contribution in [0.15, 0.2) is 23.2 Å². The maximum absolute atomic E-state index is 14.3. The first-order chi connectivity index (χ1) is 9.12. The lowest BCUT2D eigenvalue weighted by molar-refractivity contribution is 0.00301. The third-order valence-electron chi connectivity index (χ3n) is 3.75. The first-order valence-electron chi connectivity index (χ1n) is 6.13. The second-order valence-corrected chi connectivity index (χ2v) is 6.32. The van der Waals surface area contributed by atoms with E-state index in [4.69, 9.17) is 22.1 Å². The highest BCUT2D eigenvalue weighted by Gasteiger charge is 2.47. The second-order valence-electron chi connectivity index (χ2n) is 4.85. The molecule has 3 rings (SSSR count). The predicted molar refractivity (Wildman–Crippen MR) is 76.1 cm³/mol. The van der Waals surface area contributed by atoms with E-state index in [9.17, 15) is 4.39 Å². The highest BCUT2D eigenvalue weighted by molar-refractivity contribution is 8.13. The Morgan fingerprint density at radius 1 is 1.53 bits per heavy atom. The van der Waals surface area contributed by atoms with Crippen molar-refractivity contribution >= 4 is 28.5 Å². The third kappa shape index (κ3) is 2.24. The zero-order valence-corrected chi connectivity index (χ0v) is 11.8. The van der Waals surface area contributed by atoms with E-state index in [0.717, 1.165) is 12.2 Å². The number of nitrogens with two attached hydrogens (primary N) is 1. The molecule has 0 spiro atoms. The normalized spacial score (nSPS) is 30.6. The van der Waals surface area contributed by atoms with Gasteiger partial charge >= 0.3 is 0 Å². The lowest BCUT2D eigenvalue weighted by Gasteiger charge is -2.43. The van der Waals surface area contributed by atoms with E-state index in [1.807, 2.05) is 0 Å². The summed E-state index contributed by atoms with van der Waals surface area (Å²) in [4.78, 5) is 4.55. The van der Waals surface area contributed by atoms with Crippen LogP contribution in [0.2, 0.25) is 5.02 Å². The van der Waals surface area contributed by atoms with Crippen LogP contribution >= 0.6 is 23.4 Å². The molecule has 6 heteroatoms. The van der Waals surface area contributed by atoms with Crippen molar-refractivity contribution in [2.75, 3.05) is 19.0 Å². The summed E-state index contributed by atoms with van der Waals surface area (Å²) in [5.41, 5.74) is 5.69. The van der Waals surface area contributed by atoms with Crippen molar-refractivity contribution in [3.8, 4) is 0 Å². The van der Waals surface area contributed by atoms with Gasteiger partial charge in [0.25, 0.3) is 0 Å². The minimum atomic E-state index is -0.692. The van der Waals surface area contributed by atoms with Crippen LogP contribution in [0.1, 0.15) is 12.0 Å². The number of hydrogen-bond donors (Lipinski definition) is 1. The summed E-state index contributed by atoms with van der Waals surface area (Å²) in [5, 5.41) is 0.879. The average molecular weight is 301 g/mol. The van der Waals surface area contributed by atoms with Crippen molar-refractivity contribution in [3.63, 3.8) is 0 Å². The molecule has 0 radical (unpaired) electrons. The molecule has 2 atom stereocenters. The molecule has 2 unspecified atom stereocenters. The van der Waals surface area contributed by atoms with Gasteiger partial charge in [-0.25, -0.2) is 9.38 Å². The van der Waals surface area contributed by atoms with E-state index in [2.05, 4.69) is 4.99 Å². The summed E-state index contributed by atoms with van der Waals surface area (Å²) >= 11 is 7.35. The molecule has 1 aromatic rings. The molecule has 2 heterocycles. The van der Waals surface area contributed by atoms with Gasteiger partial charge in [-0.1, -0.05) is 29.4 Å². The zero-order valence-electron chi connectivity index (χ0n) is 10.2. The Morgan fingerprint density at radius 2 is 2.37 bits per heavy atom. The molecule has 19 heavy (non-hydrogen) atoms. The number of rotatable bonds is 1. The van der Waals surface area contributed by atoms with Crippen molar-refractivity contribution < 1.29 is 9.13 Å². The number of benzene rings is 1. The van der Waals surface area contributed by atoms with Gasteiger partial charge in [0.2, 0.25) is 0 Å². The number of fused-ring (bicyclic) bond motifs is 1. The summed E-state index contributed by atoms with van der Waals surface area (Å²) in [6.07, 6.45) is 0.867. The highest BCUT2D eigenvalue weighted by atomic mass is 35.5. The monoisotopic (exact) mass is 300 g/mol. The van der Waals surface area contributed by atoms with Crippen LogP contribution in [0, 0.1) is 11.7 Å². The predicted octanol–water partition coefficient (Wildman–Crippen LogP) is 2.77. The first-order valence-corrected chi connectivity index (χ1v) is 7.49. The van der Waals surface area contributed by atoms with Crippen molar-refractivity contribution in [1.29, 1.82) is 0 Å². The number of hydrogen-bond acceptors (Lipinski definition) is 4. The SMILES string of the molecule is NC1=NC2(c3ccc(Cl)cc3F)COCCC2CS1. The number of nitrogens with zero attached hydrogens (tertiary/aromatic N) is 1. The van der Waals surface area contributed by atoms with Gasteiger partial charge in [0.1, 0.15) is 11.4 Å². The Balaban J connectivity index is 2.13. The molecular weight excluding hydrogens is 287 g/mol. The molecule has 0 aliphatic carbocycles. The molecule has 2 aliphatic heterocycles. The first kappa shape index (κ1) is 13.2. The quantitative estimate of drug-likeness (QED) is 0.867. The summed E-state index contributed by atoms with van der Waals surface area (Å²) in [6, 6.07) is 4.71. The standard InChI is InChI=1S/C13H14ClFN2OS/c14-9-1-2-10(11(15)5-9)13-7-18-4-3-8(13)6-19-12(16)17-13/h1-2,5,8H,3-4,6-7H2,(H2,16,17). The molecule has 2 N–H and O–H groups in total. The van der Waals surface area contributed by atoms with Gasteiger partial charge in [-0.2, -0.15) is 0 Å². The Bertz CT molecular complexity index is 539. The van der Waals surface area contributed by atoms with Crippen LogP contribution in [0.5, 0.6) is 0 Å². The number of aliphatic imine (C=N–C) groups is 1. The maximum Gasteiger partial charge on any atom is 0.154 e. The van der Waals surface area contributed by atoms with E-state index < -0.39 is 5.54 Å². The van der Waals surface area contributed by atoms with Gasteiger partial charge in [-0.3, -0.25) is 0 Å². The van der Waals surface area contributed by atoms with Crippen LogP contribution in [0.4, 0.5) is 4.39 Å². The molecule has 0 aromatic heterocycles. The van der Waals surface area contributed by atoms with E-state index in [1.165, 1.54) is 17.8 Å². The molecule has 0 bridgehead atoms. The Hall–Kier alpha value is -0.780. The van der Waals surface area contributed by atoms with E-state index in [1.54, 1.807) is 12.1 Å². The third-order valence-corrected chi connectivity index (χ3v) is 4.94. The Kier molecular flexibility index (Phi) is 3.45. The Labute approximate surface area is 120 Å². The molecule has 102 valence electrons. The number of thioether (sulfide) groups is 1. The fraction of sp³-hybridized carbons (Fsp3) is 0.462. The zero-order chi connectivity index (χ0) is 13.5. The van der Waals surface area contributed by atoms with Gasteiger partial charge in [-0.15, -0.1) is 0 Å². The number of ether oxygens (including phenoxy) is 1. The van der Waals surface area contributed by atoms with Crippen molar-refractivity contribution in [2.45, 2.75) is 12.0 Å². The molecular formula is C13H14ClFN2OS. The minimum Gasteiger partial charge on any atom is -0.379 e. The van der Waals surface area contributed by atoms with Crippen LogP contribution < -0.4 is 5.73 Å². The van der Waals surface area contributed by atoms with E-state index >= 15 is 0 Å². The molecule has 1 fully saturated rings. The van der Waals surface area contributed by atoms with Crippen LogP contribution in [0.3, 0.4) is 0 Å². The smallest absolute Gasteiger partial charge is 0.154 e. The number of halogens is 2. The number of amidine groups is 1. The van der Waals surface area contributed by atoms with Gasteiger partial charge in [-0.05, 0) is 18.6 Å². The molecule has 0 amide bonds. The molecule has 3 nitrogen and oxygen atoms in total. The topological polar surface area (TPSA) is 47.6 Å². The van der Waals surface area contributed by atoms with Crippen molar-refractivity contribution in [3.05, 3.63) is 34.6 Å². The van der Waals surface area contributed by atoms with Crippen LogP contribution in [-0.4, -0.2) is 24.1 Å². The lowest BCUT2D eigenvalue weighted by Crippen LogP contribution is -2.48. The highest BCUT2D eigenvalue weighted by Crippen LogP contribution is 2.45. The summed E-state index contributed by atoms with van der Waals surface area (Å²) in [7, 11) is 0. The fourth-order valence-corrected chi connectivity index (χ4v) is 3.97. The molecule has 0 saturated carbocycles. The molecule has 1 saturated heterocycles. The summed E-state index contributed by atoms with van der Waals surface area (Å²) in [6.45, 7) is 1.06. The largest absolute Gasteiger partial charge is 0.379 e. The van der Waals surface area contributed by atoms with Gasteiger partial charge in [0.15, 0.2) is 5.17 Å². The second kappa shape index (κ2) is 4.96. The van der Waals surface area contributed by atoms with Crippen molar-refractivity contribution in [2.24, 2.45) is 16.6 Å². The molecule has 2 aliphatic rings. The minimum absolute atomic E-state index is 0.245. The van der Waals surface area contributed by atoms with Gasteiger partial charge in [0.05, 0.1) is 6.61 Å². The van der Waals surface area contributed by atoms with Gasteiger partial charge in [0, 0.05) is 28.9 Å². The van der Waals surface area contributed by atoms with Crippen LogP contribution in [-0.2, 0) is 10.3 Å². The summed E-state index contributed by atoms with van der Waals surface area (Å²) in [5.74, 6) is 0.751. The van der Waals surface area contributed by atoms with Crippen LogP contribution in [0.25, 0.3) is 0 Å². The fourth-order valence-electron chi connectivity index (χ4n) is 2.77. The lowest BCUT2D eigenvalue weighted by atomic mass is 9.76. The Morgan fingerprint density at radius 3 is 3.16 bits per heavy atom.